The second-order valence-corrected chi connectivity index (χ2v) is 4.79. The Balaban J connectivity index is 2.02. The van der Waals surface area contributed by atoms with Gasteiger partial charge < -0.3 is 10.4 Å². The van der Waals surface area contributed by atoms with Gasteiger partial charge in [-0.05, 0) is 37.6 Å². The van der Waals surface area contributed by atoms with Gasteiger partial charge in [0.05, 0.1) is 0 Å². The van der Waals surface area contributed by atoms with Crippen molar-refractivity contribution in [2.24, 2.45) is 0 Å². The second-order valence-electron chi connectivity index (χ2n) is 4.79. The van der Waals surface area contributed by atoms with Gasteiger partial charge in [-0.25, -0.2) is 4.39 Å². The lowest BCUT2D eigenvalue weighted by Crippen LogP contribution is -2.18. The van der Waals surface area contributed by atoms with Crippen molar-refractivity contribution in [3.8, 4) is 5.75 Å². The molecule has 0 aliphatic heterocycles. The van der Waals surface area contributed by atoms with Gasteiger partial charge in [-0.15, -0.1) is 0 Å². The predicted octanol–water partition coefficient (Wildman–Crippen LogP) is 3.69. The molecule has 0 aliphatic carbocycles. The van der Waals surface area contributed by atoms with Crippen LogP contribution in [0, 0.1) is 12.7 Å². The zero-order chi connectivity index (χ0) is 13.8. The van der Waals surface area contributed by atoms with Crippen LogP contribution >= 0.6 is 0 Å². The Kier molecular flexibility index (Phi) is 4.17. The molecule has 0 heterocycles. The molecule has 0 amide bonds. The number of aromatic hydroxyl groups is 1. The highest BCUT2D eigenvalue weighted by atomic mass is 19.1. The van der Waals surface area contributed by atoms with Gasteiger partial charge in [0.15, 0.2) is 0 Å². The Morgan fingerprint density at radius 1 is 1.16 bits per heavy atom. The van der Waals surface area contributed by atoms with Gasteiger partial charge in [0, 0.05) is 18.2 Å². The molecule has 0 aliphatic rings. The first-order valence-corrected chi connectivity index (χ1v) is 6.33. The SMILES string of the molecule is Cc1ccc(O)c(CN[C@H](C)c2ccc(F)cc2)c1. The van der Waals surface area contributed by atoms with Crippen LogP contribution in [0.15, 0.2) is 42.5 Å². The first kappa shape index (κ1) is 13.6. The second kappa shape index (κ2) is 5.85. The number of halogens is 1. The molecule has 0 unspecified atom stereocenters. The minimum Gasteiger partial charge on any atom is -0.508 e. The first-order valence-electron chi connectivity index (χ1n) is 6.33. The van der Waals surface area contributed by atoms with Gasteiger partial charge >= 0.3 is 0 Å². The predicted molar refractivity (Wildman–Crippen MR) is 74.5 cm³/mol. The van der Waals surface area contributed by atoms with Crippen molar-refractivity contribution in [1.29, 1.82) is 0 Å². The van der Waals surface area contributed by atoms with Crippen molar-refractivity contribution in [2.75, 3.05) is 0 Å². The number of benzene rings is 2. The minimum atomic E-state index is -0.229. The fourth-order valence-electron chi connectivity index (χ4n) is 1.99. The minimum absolute atomic E-state index is 0.0977. The third kappa shape index (κ3) is 3.55. The Hall–Kier alpha value is -1.87. The van der Waals surface area contributed by atoms with Crippen LogP contribution in [-0.2, 0) is 6.54 Å². The maximum Gasteiger partial charge on any atom is 0.123 e. The fraction of sp³-hybridized carbons (Fsp3) is 0.250. The van der Waals surface area contributed by atoms with Crippen molar-refractivity contribution in [3.05, 3.63) is 65.0 Å². The molecule has 0 aromatic heterocycles. The molecule has 0 radical (unpaired) electrons. The Morgan fingerprint density at radius 2 is 1.84 bits per heavy atom. The molecule has 2 nitrogen and oxygen atoms in total. The van der Waals surface area contributed by atoms with Crippen LogP contribution in [0.1, 0.15) is 29.7 Å². The average Bonchev–Trinajstić information content (AvgIpc) is 2.40. The van der Waals surface area contributed by atoms with E-state index < -0.39 is 0 Å². The number of hydrogen-bond acceptors (Lipinski definition) is 2. The maximum absolute atomic E-state index is 12.8. The van der Waals surface area contributed by atoms with Crippen LogP contribution in [0.3, 0.4) is 0 Å². The molecule has 2 aromatic carbocycles. The van der Waals surface area contributed by atoms with Gasteiger partial charge in [0.1, 0.15) is 11.6 Å². The monoisotopic (exact) mass is 259 g/mol. The molecule has 3 heteroatoms. The summed E-state index contributed by atoms with van der Waals surface area (Å²) in [5, 5.41) is 13.1. The summed E-state index contributed by atoms with van der Waals surface area (Å²) in [6.07, 6.45) is 0. The lowest BCUT2D eigenvalue weighted by atomic mass is 10.1. The van der Waals surface area contributed by atoms with Crippen LogP contribution in [-0.4, -0.2) is 5.11 Å². The van der Waals surface area contributed by atoms with E-state index >= 15 is 0 Å². The van der Waals surface area contributed by atoms with E-state index in [-0.39, 0.29) is 11.9 Å². The van der Waals surface area contributed by atoms with Crippen LogP contribution in [0.25, 0.3) is 0 Å². The molecule has 100 valence electrons. The number of phenolic OH excluding ortho intramolecular Hbond substituents is 1. The summed E-state index contributed by atoms with van der Waals surface area (Å²) in [6.45, 7) is 4.58. The van der Waals surface area contributed by atoms with Gasteiger partial charge in [0.2, 0.25) is 0 Å². The first-order chi connectivity index (χ1) is 9.06. The zero-order valence-electron chi connectivity index (χ0n) is 11.2. The summed E-state index contributed by atoms with van der Waals surface area (Å²) in [7, 11) is 0. The van der Waals surface area contributed by atoms with E-state index in [1.165, 1.54) is 12.1 Å². The summed E-state index contributed by atoms with van der Waals surface area (Å²) >= 11 is 0. The molecule has 1 atom stereocenters. The van der Waals surface area contributed by atoms with E-state index in [2.05, 4.69) is 5.32 Å². The number of hydrogen-bond donors (Lipinski definition) is 2. The maximum atomic E-state index is 12.8. The summed E-state index contributed by atoms with van der Waals surface area (Å²) in [4.78, 5) is 0. The van der Waals surface area contributed by atoms with Crippen LogP contribution in [0.2, 0.25) is 0 Å². The average molecular weight is 259 g/mol. The molecule has 2 rings (SSSR count). The van der Waals surface area contributed by atoms with Crippen LogP contribution in [0.5, 0.6) is 5.75 Å². The molecular formula is C16H18FNO. The number of aryl methyl sites for hydroxylation is 1. The summed E-state index contributed by atoms with van der Waals surface area (Å²) in [5.41, 5.74) is 3.01. The van der Waals surface area contributed by atoms with E-state index in [0.29, 0.717) is 12.3 Å². The number of rotatable bonds is 4. The van der Waals surface area contributed by atoms with Crippen molar-refractivity contribution in [1.82, 2.24) is 5.32 Å². The molecule has 0 saturated heterocycles. The highest BCUT2D eigenvalue weighted by molar-refractivity contribution is 5.35. The third-order valence-corrected chi connectivity index (χ3v) is 3.20. The zero-order valence-corrected chi connectivity index (χ0v) is 11.2. The molecule has 19 heavy (non-hydrogen) atoms. The summed E-state index contributed by atoms with van der Waals surface area (Å²) in [5.74, 6) is 0.0664. The van der Waals surface area contributed by atoms with Gasteiger partial charge in [-0.3, -0.25) is 0 Å². The van der Waals surface area contributed by atoms with Crippen molar-refractivity contribution in [2.45, 2.75) is 26.4 Å². The Labute approximate surface area is 112 Å². The van der Waals surface area contributed by atoms with Crippen LogP contribution < -0.4 is 5.32 Å². The number of nitrogens with one attached hydrogen (secondary N) is 1. The summed E-state index contributed by atoms with van der Waals surface area (Å²) in [6, 6.07) is 12.1. The molecular weight excluding hydrogens is 241 g/mol. The summed E-state index contributed by atoms with van der Waals surface area (Å²) < 4.78 is 12.8. The molecule has 0 fully saturated rings. The topological polar surface area (TPSA) is 32.3 Å². The lowest BCUT2D eigenvalue weighted by molar-refractivity contribution is 0.460. The normalized spacial score (nSPS) is 12.4. The standard InChI is InChI=1S/C16H18FNO/c1-11-3-8-16(19)14(9-11)10-18-12(2)13-4-6-15(17)7-5-13/h3-9,12,18-19H,10H2,1-2H3/t12-/m1/s1. The Bertz CT molecular complexity index is 551. The smallest absolute Gasteiger partial charge is 0.123 e. The van der Waals surface area contributed by atoms with Crippen LogP contribution in [0.4, 0.5) is 4.39 Å². The highest BCUT2D eigenvalue weighted by Crippen LogP contribution is 2.20. The fourth-order valence-corrected chi connectivity index (χ4v) is 1.99. The van der Waals surface area contributed by atoms with E-state index in [9.17, 15) is 9.50 Å². The van der Waals surface area contributed by atoms with E-state index in [4.69, 9.17) is 0 Å². The van der Waals surface area contributed by atoms with Gasteiger partial charge in [0.25, 0.3) is 0 Å². The van der Waals surface area contributed by atoms with Crippen molar-refractivity contribution >= 4 is 0 Å². The van der Waals surface area contributed by atoms with E-state index in [1.54, 1.807) is 18.2 Å². The van der Waals surface area contributed by atoms with Gasteiger partial charge in [-0.1, -0.05) is 29.8 Å². The molecule has 0 saturated carbocycles. The molecule has 0 spiro atoms. The third-order valence-electron chi connectivity index (χ3n) is 3.20. The lowest BCUT2D eigenvalue weighted by Gasteiger charge is -2.15. The quantitative estimate of drug-likeness (QED) is 0.877. The van der Waals surface area contributed by atoms with Crippen molar-refractivity contribution in [3.63, 3.8) is 0 Å². The number of phenols is 1. The molecule has 0 bridgehead atoms. The largest absolute Gasteiger partial charge is 0.508 e. The van der Waals surface area contributed by atoms with Gasteiger partial charge in [-0.2, -0.15) is 0 Å². The van der Waals surface area contributed by atoms with E-state index in [0.717, 1.165) is 16.7 Å². The highest BCUT2D eigenvalue weighted by Gasteiger charge is 2.07. The van der Waals surface area contributed by atoms with Crippen molar-refractivity contribution < 1.29 is 9.50 Å². The molecule has 2 aromatic rings. The van der Waals surface area contributed by atoms with E-state index in [1.807, 2.05) is 26.0 Å². The molecule has 2 N–H and O–H groups in total. The Morgan fingerprint density at radius 3 is 2.53 bits per heavy atom.